The van der Waals surface area contributed by atoms with Crippen molar-refractivity contribution in [3.63, 3.8) is 0 Å². The van der Waals surface area contributed by atoms with Crippen molar-refractivity contribution in [3.05, 3.63) is 34.3 Å². The molecule has 1 aliphatic heterocycles. The molecule has 1 aromatic carbocycles. The van der Waals surface area contributed by atoms with Crippen LogP contribution in [0.2, 0.25) is 0 Å². The normalized spacial score (nSPS) is 21.6. The van der Waals surface area contributed by atoms with Crippen LogP contribution in [0, 0.1) is 5.92 Å². The molecule has 0 radical (unpaired) electrons. The molecule has 1 fully saturated rings. The fourth-order valence-corrected chi connectivity index (χ4v) is 3.88. The fourth-order valence-electron chi connectivity index (χ4n) is 3.88. The van der Waals surface area contributed by atoms with E-state index in [0.29, 0.717) is 18.0 Å². The summed E-state index contributed by atoms with van der Waals surface area (Å²) in [6, 6.07) is 5.68. The molecule has 0 bridgehead atoms. The zero-order valence-electron chi connectivity index (χ0n) is 14.5. The number of primary amides is 1. The first-order chi connectivity index (χ1) is 11.4. The number of para-hydroxylation sites is 1. The Morgan fingerprint density at radius 1 is 1.42 bits per heavy atom. The number of carbonyl (C=O) groups excluding carboxylic acids is 1. The number of piperidine rings is 1. The molecule has 0 spiro atoms. The van der Waals surface area contributed by atoms with Crippen molar-refractivity contribution in [1.82, 2.24) is 9.47 Å². The second-order valence-electron chi connectivity index (χ2n) is 7.16. The average molecular weight is 331 g/mol. The van der Waals surface area contributed by atoms with Gasteiger partial charge in [-0.1, -0.05) is 26.0 Å². The molecule has 1 saturated heterocycles. The predicted molar refractivity (Wildman–Crippen MR) is 93.0 cm³/mol. The summed E-state index contributed by atoms with van der Waals surface area (Å²) in [6.45, 7) is 4.95. The number of likely N-dealkylation sites (tertiary alicyclic amines) is 1. The molecule has 1 aromatic heterocycles. The second kappa shape index (κ2) is 6.34. The maximum absolute atomic E-state index is 11.9. The molecule has 0 aliphatic carbocycles. The number of urea groups is 1. The number of aryl methyl sites for hydroxylation is 1. The Balaban J connectivity index is 1.94. The van der Waals surface area contributed by atoms with Gasteiger partial charge in [0.1, 0.15) is 0 Å². The number of aromatic nitrogens is 1. The summed E-state index contributed by atoms with van der Waals surface area (Å²) < 4.78 is 7.01. The van der Waals surface area contributed by atoms with Crippen LogP contribution in [0.1, 0.15) is 44.6 Å². The average Bonchev–Trinajstić information content (AvgIpc) is 2.81. The van der Waals surface area contributed by atoms with E-state index < -0.39 is 0 Å². The Morgan fingerprint density at radius 3 is 2.83 bits per heavy atom. The molecular formula is C18H25N3O3. The Labute approximate surface area is 141 Å². The summed E-state index contributed by atoms with van der Waals surface area (Å²) >= 11 is 0. The van der Waals surface area contributed by atoms with Crippen LogP contribution in [0.25, 0.3) is 11.1 Å². The zero-order valence-corrected chi connectivity index (χ0v) is 14.5. The van der Waals surface area contributed by atoms with Crippen LogP contribution >= 0.6 is 0 Å². The van der Waals surface area contributed by atoms with Crippen molar-refractivity contribution >= 4 is 17.1 Å². The van der Waals surface area contributed by atoms with Gasteiger partial charge in [0.2, 0.25) is 0 Å². The van der Waals surface area contributed by atoms with Crippen LogP contribution in [0.4, 0.5) is 4.79 Å². The van der Waals surface area contributed by atoms with E-state index in [1.165, 1.54) is 4.57 Å². The minimum Gasteiger partial charge on any atom is -0.407 e. The van der Waals surface area contributed by atoms with Crippen molar-refractivity contribution in [2.75, 3.05) is 6.54 Å². The van der Waals surface area contributed by atoms with Gasteiger partial charge in [-0.25, -0.2) is 9.59 Å². The number of hydrogen-bond acceptors (Lipinski definition) is 3. The van der Waals surface area contributed by atoms with Gasteiger partial charge in [-0.2, -0.15) is 0 Å². The van der Waals surface area contributed by atoms with Crippen LogP contribution in [-0.4, -0.2) is 28.1 Å². The van der Waals surface area contributed by atoms with Crippen molar-refractivity contribution < 1.29 is 9.21 Å². The molecule has 0 saturated carbocycles. The topological polar surface area (TPSA) is 81.5 Å². The highest BCUT2D eigenvalue weighted by Gasteiger charge is 2.33. The minimum atomic E-state index is -0.344. The molecule has 6 heteroatoms. The molecule has 130 valence electrons. The summed E-state index contributed by atoms with van der Waals surface area (Å²) in [7, 11) is 1.72. The summed E-state index contributed by atoms with van der Waals surface area (Å²) in [5, 5.41) is 0. The molecule has 24 heavy (non-hydrogen) atoms. The zero-order chi connectivity index (χ0) is 17.4. The third-order valence-corrected chi connectivity index (χ3v) is 5.03. The van der Waals surface area contributed by atoms with Crippen LogP contribution in [0.5, 0.6) is 0 Å². The van der Waals surface area contributed by atoms with E-state index in [1.807, 2.05) is 18.2 Å². The van der Waals surface area contributed by atoms with E-state index in [0.717, 1.165) is 30.3 Å². The Kier molecular flexibility index (Phi) is 4.39. The highest BCUT2D eigenvalue weighted by Crippen LogP contribution is 2.36. The molecule has 2 aromatic rings. The Bertz CT molecular complexity index is 805. The largest absolute Gasteiger partial charge is 0.419 e. The van der Waals surface area contributed by atoms with Crippen molar-refractivity contribution in [3.8, 4) is 0 Å². The first-order valence-electron chi connectivity index (χ1n) is 8.53. The van der Waals surface area contributed by atoms with Gasteiger partial charge >= 0.3 is 11.8 Å². The van der Waals surface area contributed by atoms with Gasteiger partial charge in [-0.3, -0.25) is 4.57 Å². The van der Waals surface area contributed by atoms with Gasteiger partial charge in [-0.15, -0.1) is 0 Å². The number of nitrogens with two attached hydrogens (primary N) is 1. The van der Waals surface area contributed by atoms with Crippen molar-refractivity contribution in [2.45, 2.75) is 45.1 Å². The summed E-state index contributed by atoms with van der Waals surface area (Å²) in [6.07, 6.45) is 2.60. The van der Waals surface area contributed by atoms with Crippen LogP contribution in [-0.2, 0) is 7.05 Å². The van der Waals surface area contributed by atoms with Crippen LogP contribution in [0.3, 0.4) is 0 Å². The predicted octanol–water partition coefficient (Wildman–Crippen LogP) is 2.80. The molecule has 3 rings (SSSR count). The van der Waals surface area contributed by atoms with E-state index in [9.17, 15) is 9.59 Å². The van der Waals surface area contributed by atoms with E-state index in [-0.39, 0.29) is 23.7 Å². The quantitative estimate of drug-likeness (QED) is 0.939. The first kappa shape index (κ1) is 16.6. The van der Waals surface area contributed by atoms with Gasteiger partial charge < -0.3 is 15.1 Å². The maximum Gasteiger partial charge on any atom is 0.419 e. The van der Waals surface area contributed by atoms with Gasteiger partial charge in [0.25, 0.3) is 0 Å². The van der Waals surface area contributed by atoms with Gasteiger partial charge in [-0.05, 0) is 37.2 Å². The molecule has 2 heterocycles. The highest BCUT2D eigenvalue weighted by molar-refractivity contribution is 5.77. The van der Waals surface area contributed by atoms with Gasteiger partial charge in [0, 0.05) is 25.2 Å². The smallest absolute Gasteiger partial charge is 0.407 e. The number of amides is 2. The number of hydrogen-bond donors (Lipinski definition) is 1. The fraction of sp³-hybridized carbons (Fsp3) is 0.556. The standard InChI is InChI=1S/C18H25N3O3/c1-11(2)9-13-10-12(7-8-21(13)17(19)22)14-5-4-6-15-16(14)24-18(23)20(15)3/h4-6,11-13H,7-10H2,1-3H3,(H2,19,22). The van der Waals surface area contributed by atoms with Crippen molar-refractivity contribution in [2.24, 2.45) is 18.7 Å². The SMILES string of the molecule is CC(C)CC1CC(c2cccc3c2oc(=O)n3C)CCN1C(N)=O. The maximum atomic E-state index is 11.9. The van der Waals surface area contributed by atoms with Crippen LogP contribution in [0.15, 0.2) is 27.4 Å². The van der Waals surface area contributed by atoms with E-state index in [2.05, 4.69) is 13.8 Å². The minimum absolute atomic E-state index is 0.131. The third kappa shape index (κ3) is 2.92. The Morgan fingerprint density at radius 2 is 2.17 bits per heavy atom. The third-order valence-electron chi connectivity index (χ3n) is 5.03. The van der Waals surface area contributed by atoms with Crippen LogP contribution < -0.4 is 11.5 Å². The summed E-state index contributed by atoms with van der Waals surface area (Å²) in [5.41, 5.74) is 8.10. The van der Waals surface area contributed by atoms with E-state index in [4.69, 9.17) is 10.2 Å². The second-order valence-corrected chi connectivity index (χ2v) is 7.16. The summed E-state index contributed by atoms with van der Waals surface area (Å²) in [5.74, 6) is 0.408. The molecule has 1 aliphatic rings. The number of oxazole rings is 1. The lowest BCUT2D eigenvalue weighted by Crippen LogP contribution is -2.48. The molecular weight excluding hydrogens is 306 g/mol. The van der Waals surface area contributed by atoms with E-state index >= 15 is 0 Å². The monoisotopic (exact) mass is 331 g/mol. The Hall–Kier alpha value is -2.24. The lowest BCUT2D eigenvalue weighted by atomic mass is 9.82. The molecule has 6 nitrogen and oxygen atoms in total. The molecule has 2 N–H and O–H groups in total. The molecule has 2 amide bonds. The number of rotatable bonds is 3. The number of benzene rings is 1. The van der Waals surface area contributed by atoms with E-state index in [1.54, 1.807) is 11.9 Å². The lowest BCUT2D eigenvalue weighted by molar-refractivity contribution is 0.138. The van der Waals surface area contributed by atoms with Crippen molar-refractivity contribution in [1.29, 1.82) is 0 Å². The van der Waals surface area contributed by atoms with Gasteiger partial charge in [0.15, 0.2) is 5.58 Å². The number of carbonyl (C=O) groups is 1. The number of nitrogens with zero attached hydrogens (tertiary/aromatic N) is 2. The summed E-state index contributed by atoms with van der Waals surface area (Å²) in [4.78, 5) is 25.4. The molecule has 2 unspecified atom stereocenters. The highest BCUT2D eigenvalue weighted by atomic mass is 16.4. The van der Waals surface area contributed by atoms with Gasteiger partial charge in [0.05, 0.1) is 5.52 Å². The molecule has 2 atom stereocenters. The number of fused-ring (bicyclic) bond motifs is 1. The first-order valence-corrected chi connectivity index (χ1v) is 8.53. The lowest BCUT2D eigenvalue weighted by Gasteiger charge is -2.39.